The smallest absolute Gasteiger partial charge is 0.291 e. The van der Waals surface area contributed by atoms with Crippen molar-refractivity contribution in [1.82, 2.24) is 4.90 Å². The van der Waals surface area contributed by atoms with Crippen LogP contribution in [0.25, 0.3) is 0 Å². The number of ether oxygens (including phenoxy) is 2. The summed E-state index contributed by atoms with van der Waals surface area (Å²) in [6.45, 7) is 0.749. The summed E-state index contributed by atoms with van der Waals surface area (Å²) in [5, 5.41) is 2.80. The van der Waals surface area contributed by atoms with E-state index in [1.165, 1.54) is 12.1 Å². The molecule has 1 fully saturated rings. The van der Waals surface area contributed by atoms with Gasteiger partial charge in [0.05, 0.1) is 13.2 Å². The molecule has 3 aromatic carbocycles. The molecule has 2 amide bonds. The number of amides is 2. The van der Waals surface area contributed by atoms with E-state index in [9.17, 15) is 14.0 Å². The third kappa shape index (κ3) is 5.43. The summed E-state index contributed by atoms with van der Waals surface area (Å²) in [6, 6.07) is 22.3. The van der Waals surface area contributed by atoms with Gasteiger partial charge in [0.15, 0.2) is 5.76 Å². The van der Waals surface area contributed by atoms with Crippen LogP contribution in [0.1, 0.15) is 51.9 Å². The SMILES string of the molecule is COc1ccc(NC(=O)c2ccc(COc3ccc4c(c3)[C@@H](c3ccc(F)cc3)N(C(=O)C3CC3)CC4)o2)cc1. The Bertz CT molecular complexity index is 1530. The van der Waals surface area contributed by atoms with E-state index in [4.69, 9.17) is 13.9 Å². The fraction of sp³-hybridized carbons (Fsp3) is 0.250. The molecule has 204 valence electrons. The van der Waals surface area contributed by atoms with Crippen LogP contribution < -0.4 is 14.8 Å². The summed E-state index contributed by atoms with van der Waals surface area (Å²) in [4.78, 5) is 27.7. The van der Waals surface area contributed by atoms with Gasteiger partial charge in [0.25, 0.3) is 5.91 Å². The zero-order valence-electron chi connectivity index (χ0n) is 22.1. The molecule has 4 aromatic rings. The Morgan fingerprint density at radius 2 is 1.73 bits per heavy atom. The second-order valence-corrected chi connectivity index (χ2v) is 10.1. The third-order valence-electron chi connectivity index (χ3n) is 7.36. The van der Waals surface area contributed by atoms with Gasteiger partial charge in [-0.05, 0) is 96.6 Å². The number of hydrogen-bond acceptors (Lipinski definition) is 5. The van der Waals surface area contributed by atoms with Gasteiger partial charge < -0.3 is 24.1 Å². The molecule has 1 atom stereocenters. The Labute approximate surface area is 231 Å². The molecule has 8 heteroatoms. The van der Waals surface area contributed by atoms with E-state index in [-0.39, 0.29) is 42.0 Å². The highest BCUT2D eigenvalue weighted by Crippen LogP contribution is 2.41. The highest BCUT2D eigenvalue weighted by Gasteiger charge is 2.39. The average molecular weight is 541 g/mol. The van der Waals surface area contributed by atoms with Gasteiger partial charge in [-0.3, -0.25) is 9.59 Å². The number of carbonyl (C=O) groups is 2. The van der Waals surface area contributed by atoms with Gasteiger partial charge in [-0.1, -0.05) is 18.2 Å². The first-order valence-corrected chi connectivity index (χ1v) is 13.3. The Morgan fingerprint density at radius 3 is 2.45 bits per heavy atom. The van der Waals surface area contributed by atoms with Crippen molar-refractivity contribution in [1.29, 1.82) is 0 Å². The molecule has 0 saturated heterocycles. The third-order valence-corrected chi connectivity index (χ3v) is 7.36. The largest absolute Gasteiger partial charge is 0.497 e. The summed E-state index contributed by atoms with van der Waals surface area (Å²) >= 11 is 0. The van der Waals surface area contributed by atoms with Crippen molar-refractivity contribution in [2.45, 2.75) is 31.9 Å². The van der Waals surface area contributed by atoms with Crippen LogP contribution in [0, 0.1) is 11.7 Å². The van der Waals surface area contributed by atoms with E-state index < -0.39 is 0 Å². The molecule has 0 bridgehead atoms. The van der Waals surface area contributed by atoms with Crippen molar-refractivity contribution in [3.63, 3.8) is 0 Å². The quantitative estimate of drug-likeness (QED) is 0.290. The molecule has 1 aliphatic carbocycles. The molecule has 0 radical (unpaired) electrons. The van der Waals surface area contributed by atoms with Crippen molar-refractivity contribution < 1.29 is 27.9 Å². The fourth-order valence-corrected chi connectivity index (χ4v) is 5.09. The van der Waals surface area contributed by atoms with Gasteiger partial charge in [0.2, 0.25) is 5.91 Å². The van der Waals surface area contributed by atoms with E-state index in [0.717, 1.165) is 36.0 Å². The molecule has 1 aliphatic heterocycles. The first-order valence-electron chi connectivity index (χ1n) is 13.3. The number of halogens is 1. The number of rotatable bonds is 8. The summed E-state index contributed by atoms with van der Waals surface area (Å²) < 4.78 is 30.6. The average Bonchev–Trinajstić information content (AvgIpc) is 3.73. The van der Waals surface area contributed by atoms with Gasteiger partial charge in [-0.15, -0.1) is 0 Å². The molecule has 40 heavy (non-hydrogen) atoms. The van der Waals surface area contributed by atoms with Gasteiger partial charge in [-0.2, -0.15) is 0 Å². The Balaban J connectivity index is 1.17. The molecule has 1 saturated carbocycles. The molecule has 2 aliphatic rings. The van der Waals surface area contributed by atoms with Crippen LogP contribution in [0.4, 0.5) is 10.1 Å². The first-order chi connectivity index (χ1) is 19.5. The van der Waals surface area contributed by atoms with Crippen molar-refractivity contribution in [3.05, 3.63) is 113 Å². The maximum Gasteiger partial charge on any atom is 0.291 e. The lowest BCUT2D eigenvalue weighted by Crippen LogP contribution is -2.41. The van der Waals surface area contributed by atoms with Crippen LogP contribution in [-0.4, -0.2) is 30.4 Å². The van der Waals surface area contributed by atoms with Crippen molar-refractivity contribution in [2.75, 3.05) is 19.0 Å². The van der Waals surface area contributed by atoms with Crippen molar-refractivity contribution in [2.24, 2.45) is 5.92 Å². The molecular formula is C32H29FN2O5. The molecule has 1 N–H and O–H groups in total. The predicted molar refractivity (Wildman–Crippen MR) is 147 cm³/mol. The first kappa shape index (κ1) is 25.7. The number of nitrogens with one attached hydrogen (secondary N) is 1. The maximum absolute atomic E-state index is 13.7. The summed E-state index contributed by atoms with van der Waals surface area (Å²) in [7, 11) is 1.58. The number of furan rings is 1. The topological polar surface area (TPSA) is 81.0 Å². The van der Waals surface area contributed by atoms with E-state index in [1.54, 1.807) is 55.6 Å². The predicted octanol–water partition coefficient (Wildman–Crippen LogP) is 6.14. The number of benzene rings is 3. The second kappa shape index (κ2) is 10.9. The number of hydrogen-bond donors (Lipinski definition) is 1. The lowest BCUT2D eigenvalue weighted by atomic mass is 9.87. The fourth-order valence-electron chi connectivity index (χ4n) is 5.09. The zero-order valence-corrected chi connectivity index (χ0v) is 22.1. The molecule has 0 spiro atoms. The summed E-state index contributed by atoms with van der Waals surface area (Å²) in [6.07, 6.45) is 2.59. The van der Waals surface area contributed by atoms with Crippen LogP contribution >= 0.6 is 0 Å². The van der Waals surface area contributed by atoms with Crippen LogP contribution in [0.2, 0.25) is 0 Å². The van der Waals surface area contributed by atoms with Crippen LogP contribution in [0.5, 0.6) is 11.5 Å². The molecule has 7 nitrogen and oxygen atoms in total. The molecule has 0 unspecified atom stereocenters. The Hall–Kier alpha value is -4.59. The number of nitrogens with zero attached hydrogens (tertiary/aromatic N) is 1. The van der Waals surface area contributed by atoms with Gasteiger partial charge in [0.1, 0.15) is 29.7 Å². The minimum atomic E-state index is -0.368. The lowest BCUT2D eigenvalue weighted by molar-refractivity contribution is -0.134. The molecule has 2 heterocycles. The number of carbonyl (C=O) groups excluding carboxylic acids is 2. The lowest BCUT2D eigenvalue weighted by Gasteiger charge is -2.38. The molecular weight excluding hydrogens is 511 g/mol. The van der Waals surface area contributed by atoms with Gasteiger partial charge in [-0.25, -0.2) is 4.39 Å². The van der Waals surface area contributed by atoms with Crippen molar-refractivity contribution >= 4 is 17.5 Å². The summed E-state index contributed by atoms with van der Waals surface area (Å²) in [5.41, 5.74) is 3.60. The van der Waals surface area contributed by atoms with Crippen LogP contribution in [-0.2, 0) is 17.8 Å². The van der Waals surface area contributed by atoms with E-state index in [2.05, 4.69) is 5.32 Å². The van der Waals surface area contributed by atoms with Gasteiger partial charge in [0, 0.05) is 18.2 Å². The maximum atomic E-state index is 13.7. The Kier molecular flexibility index (Phi) is 6.99. The molecule has 1 aromatic heterocycles. The van der Waals surface area contributed by atoms with Crippen LogP contribution in [0.3, 0.4) is 0 Å². The molecule has 6 rings (SSSR count). The van der Waals surface area contributed by atoms with E-state index in [0.29, 0.717) is 29.5 Å². The van der Waals surface area contributed by atoms with Crippen molar-refractivity contribution in [3.8, 4) is 11.5 Å². The second-order valence-electron chi connectivity index (χ2n) is 10.1. The van der Waals surface area contributed by atoms with Gasteiger partial charge >= 0.3 is 0 Å². The minimum Gasteiger partial charge on any atom is -0.497 e. The minimum absolute atomic E-state index is 0.0824. The monoisotopic (exact) mass is 540 g/mol. The Morgan fingerprint density at radius 1 is 0.975 bits per heavy atom. The zero-order chi connectivity index (χ0) is 27.6. The van der Waals surface area contributed by atoms with Crippen LogP contribution in [0.15, 0.2) is 83.3 Å². The standard InChI is InChI=1S/C32H29FN2O5/c1-38-25-12-9-24(10-13-25)34-31(36)29-15-14-27(40-29)19-39-26-11-6-20-16-17-35(32(37)22-2-3-22)30(28(20)18-26)21-4-7-23(33)8-5-21/h4-15,18,22,30H,2-3,16-17,19H2,1H3,(H,34,36)/t30-/m1/s1. The number of anilines is 1. The highest BCUT2D eigenvalue weighted by atomic mass is 19.1. The van der Waals surface area contributed by atoms with E-state index in [1.807, 2.05) is 23.1 Å². The normalized spacial score (nSPS) is 16.2. The number of fused-ring (bicyclic) bond motifs is 1. The summed E-state index contributed by atoms with van der Waals surface area (Å²) in [5.74, 6) is 1.54. The highest BCUT2D eigenvalue weighted by molar-refractivity contribution is 6.02. The van der Waals surface area contributed by atoms with E-state index >= 15 is 0 Å². The number of methoxy groups -OCH3 is 1.